The maximum absolute atomic E-state index is 12.1. The molecule has 2 aromatic heterocycles. The minimum atomic E-state index is -0.698. The summed E-state index contributed by atoms with van der Waals surface area (Å²) in [6, 6.07) is 2.59. The van der Waals surface area contributed by atoms with E-state index in [4.69, 9.17) is 5.73 Å². The molecule has 25 heavy (non-hydrogen) atoms. The highest BCUT2D eigenvalue weighted by atomic mass is 32.1. The topological polar surface area (TPSA) is 110 Å². The lowest BCUT2D eigenvalue weighted by molar-refractivity contribution is -0.126. The van der Waals surface area contributed by atoms with Gasteiger partial charge in [-0.3, -0.25) is 14.6 Å². The van der Waals surface area contributed by atoms with Crippen LogP contribution in [0.15, 0.2) is 23.7 Å². The third-order valence-corrected chi connectivity index (χ3v) is 4.44. The van der Waals surface area contributed by atoms with Gasteiger partial charge in [0.25, 0.3) is 0 Å². The van der Waals surface area contributed by atoms with E-state index < -0.39 is 12.1 Å². The van der Waals surface area contributed by atoms with E-state index in [0.29, 0.717) is 11.7 Å². The Balaban J connectivity index is 2.01. The number of carbonyl (C=O) groups excluding carboxylic acids is 2. The zero-order chi connectivity index (χ0) is 18.6. The number of nitrogens with two attached hydrogens (primary N) is 1. The Kier molecular flexibility index (Phi) is 6.22. The van der Waals surface area contributed by atoms with Crippen molar-refractivity contribution in [2.75, 3.05) is 5.32 Å². The predicted octanol–water partition coefficient (Wildman–Crippen LogP) is 2.12. The summed E-state index contributed by atoms with van der Waals surface area (Å²) in [6.07, 6.45) is 1.78. The fourth-order valence-electron chi connectivity index (χ4n) is 1.98. The lowest BCUT2D eigenvalue weighted by Gasteiger charge is -2.14. The van der Waals surface area contributed by atoms with Crippen molar-refractivity contribution in [2.24, 2.45) is 5.73 Å². The van der Waals surface area contributed by atoms with E-state index >= 15 is 0 Å². The Bertz CT molecular complexity index is 740. The number of aromatic nitrogens is 2. The predicted molar refractivity (Wildman–Crippen MR) is 99.3 cm³/mol. The zero-order valence-corrected chi connectivity index (χ0v) is 15.6. The van der Waals surface area contributed by atoms with Gasteiger partial charge < -0.3 is 16.4 Å². The zero-order valence-electron chi connectivity index (χ0n) is 14.7. The van der Waals surface area contributed by atoms with Crippen LogP contribution in [0, 0.1) is 0 Å². The molecule has 0 spiro atoms. The summed E-state index contributed by atoms with van der Waals surface area (Å²) < 4.78 is 0. The maximum Gasteiger partial charge on any atom is 0.247 e. The van der Waals surface area contributed by atoms with E-state index in [9.17, 15) is 9.59 Å². The molecule has 8 heteroatoms. The second-order valence-electron chi connectivity index (χ2n) is 6.17. The number of anilines is 1. The molecule has 2 aromatic rings. The van der Waals surface area contributed by atoms with Crippen molar-refractivity contribution < 1.29 is 9.59 Å². The molecule has 2 heterocycles. The summed E-state index contributed by atoms with van der Waals surface area (Å²) in [7, 11) is 0. The van der Waals surface area contributed by atoms with Crippen LogP contribution in [0.5, 0.6) is 0 Å². The highest BCUT2D eigenvalue weighted by molar-refractivity contribution is 7.13. The second-order valence-corrected chi connectivity index (χ2v) is 7.03. The summed E-state index contributed by atoms with van der Waals surface area (Å²) in [6.45, 7) is 7.33. The molecule has 4 N–H and O–H groups in total. The van der Waals surface area contributed by atoms with Gasteiger partial charge in [-0.25, -0.2) is 4.98 Å². The Morgan fingerprint density at radius 1 is 1.16 bits per heavy atom. The lowest BCUT2D eigenvalue weighted by atomic mass is 10.1. The molecule has 7 nitrogen and oxygen atoms in total. The number of thiazole rings is 1. The molecule has 2 rings (SSSR count). The Morgan fingerprint density at radius 3 is 2.44 bits per heavy atom. The van der Waals surface area contributed by atoms with Crippen molar-refractivity contribution in [3.63, 3.8) is 0 Å². The van der Waals surface area contributed by atoms with Gasteiger partial charge in [-0.15, -0.1) is 11.3 Å². The van der Waals surface area contributed by atoms with E-state index in [2.05, 4.69) is 34.4 Å². The number of pyridine rings is 1. The van der Waals surface area contributed by atoms with Gasteiger partial charge in [-0.05, 0) is 31.9 Å². The average molecular weight is 361 g/mol. The van der Waals surface area contributed by atoms with Crippen molar-refractivity contribution in [3.05, 3.63) is 29.4 Å². The summed E-state index contributed by atoms with van der Waals surface area (Å²) in [4.78, 5) is 32.5. The van der Waals surface area contributed by atoms with Crippen LogP contribution >= 0.6 is 11.3 Å². The summed E-state index contributed by atoms with van der Waals surface area (Å²) >= 11 is 1.42. The molecule has 0 aliphatic carbocycles. The van der Waals surface area contributed by atoms with Crippen LogP contribution in [0.3, 0.4) is 0 Å². The molecule has 0 aliphatic rings. The monoisotopic (exact) mass is 361 g/mol. The molecule has 0 saturated heterocycles. The third kappa shape index (κ3) is 5.07. The highest BCUT2D eigenvalue weighted by Gasteiger charge is 2.18. The van der Waals surface area contributed by atoms with Crippen LogP contribution in [-0.4, -0.2) is 33.9 Å². The highest BCUT2D eigenvalue weighted by Crippen LogP contribution is 2.26. The van der Waals surface area contributed by atoms with Gasteiger partial charge in [0.05, 0.1) is 6.04 Å². The molecule has 2 amide bonds. The largest absolute Gasteiger partial charge is 0.343 e. The molecule has 2 atom stereocenters. The fourth-order valence-corrected chi connectivity index (χ4v) is 2.72. The number of nitrogens with one attached hydrogen (secondary N) is 2. The van der Waals surface area contributed by atoms with Crippen molar-refractivity contribution in [2.45, 2.75) is 45.7 Å². The van der Waals surface area contributed by atoms with E-state index in [1.165, 1.54) is 11.3 Å². The van der Waals surface area contributed by atoms with Gasteiger partial charge in [0.1, 0.15) is 16.9 Å². The van der Waals surface area contributed by atoms with Gasteiger partial charge in [-0.1, -0.05) is 13.8 Å². The quantitative estimate of drug-likeness (QED) is 0.730. The third-order valence-electron chi connectivity index (χ3n) is 3.55. The van der Waals surface area contributed by atoms with Crippen LogP contribution in [-0.2, 0) is 9.59 Å². The summed E-state index contributed by atoms with van der Waals surface area (Å²) in [5, 5.41) is 7.76. The molecule has 0 bridgehead atoms. The van der Waals surface area contributed by atoms with Crippen LogP contribution in [0.1, 0.15) is 39.3 Å². The molecule has 0 unspecified atom stereocenters. The number of rotatable bonds is 6. The van der Waals surface area contributed by atoms with Crippen LogP contribution in [0.2, 0.25) is 0 Å². The molecule has 0 aromatic carbocycles. The standard InChI is InChI=1S/C17H23N5O2S/c1-9(2)13-6-5-12(7-19-13)17-22-14(8-25-17)21-16(24)11(4)20-15(23)10(3)18/h5-11H,18H2,1-4H3,(H,20,23)(H,21,24)/t10-,11-/m0/s1. The van der Waals surface area contributed by atoms with Crippen molar-refractivity contribution in [1.82, 2.24) is 15.3 Å². The molecule has 0 saturated carbocycles. The minimum absolute atomic E-state index is 0.348. The van der Waals surface area contributed by atoms with E-state index in [-0.39, 0.29) is 11.8 Å². The summed E-state index contributed by atoms with van der Waals surface area (Å²) in [5.74, 6) is 0.0880. The normalized spacial score (nSPS) is 13.4. The first-order valence-corrected chi connectivity index (χ1v) is 8.94. The molecule has 0 aliphatic heterocycles. The molecular weight excluding hydrogens is 338 g/mol. The maximum atomic E-state index is 12.1. The van der Waals surface area contributed by atoms with E-state index in [0.717, 1.165) is 16.3 Å². The fraction of sp³-hybridized carbons (Fsp3) is 0.412. The van der Waals surface area contributed by atoms with Crippen molar-refractivity contribution in [1.29, 1.82) is 0 Å². The Hall–Kier alpha value is -2.32. The van der Waals surface area contributed by atoms with E-state index in [1.54, 1.807) is 25.4 Å². The molecule has 0 fully saturated rings. The SMILES string of the molecule is CC(C)c1ccc(-c2nc(NC(=O)[C@H](C)NC(=O)[C@H](C)N)cs2)cn1. The Labute approximate surface area is 151 Å². The first-order chi connectivity index (χ1) is 11.8. The Morgan fingerprint density at radius 2 is 1.88 bits per heavy atom. The summed E-state index contributed by atoms with van der Waals surface area (Å²) in [5.41, 5.74) is 7.39. The average Bonchev–Trinajstić information content (AvgIpc) is 3.03. The lowest BCUT2D eigenvalue weighted by Crippen LogP contribution is -2.47. The minimum Gasteiger partial charge on any atom is -0.343 e. The van der Waals surface area contributed by atoms with Gasteiger partial charge in [0.2, 0.25) is 11.8 Å². The van der Waals surface area contributed by atoms with E-state index in [1.807, 2.05) is 12.1 Å². The van der Waals surface area contributed by atoms with Crippen LogP contribution < -0.4 is 16.4 Å². The smallest absolute Gasteiger partial charge is 0.247 e. The first kappa shape index (κ1) is 19.0. The number of hydrogen-bond acceptors (Lipinski definition) is 6. The molecule has 0 radical (unpaired) electrons. The number of carbonyl (C=O) groups is 2. The first-order valence-electron chi connectivity index (χ1n) is 8.06. The van der Waals surface area contributed by atoms with Crippen molar-refractivity contribution in [3.8, 4) is 10.6 Å². The van der Waals surface area contributed by atoms with Crippen molar-refractivity contribution >= 4 is 29.0 Å². The number of hydrogen-bond donors (Lipinski definition) is 3. The number of amides is 2. The van der Waals surface area contributed by atoms with Crippen LogP contribution in [0.25, 0.3) is 10.6 Å². The van der Waals surface area contributed by atoms with Gasteiger partial charge >= 0.3 is 0 Å². The van der Waals surface area contributed by atoms with Gasteiger partial charge in [0.15, 0.2) is 0 Å². The molecular formula is C17H23N5O2S. The molecule has 134 valence electrons. The van der Waals surface area contributed by atoms with Gasteiger partial charge in [0, 0.05) is 22.8 Å². The second kappa shape index (κ2) is 8.17. The number of nitrogens with zero attached hydrogens (tertiary/aromatic N) is 2. The van der Waals surface area contributed by atoms with Gasteiger partial charge in [-0.2, -0.15) is 0 Å². The van der Waals surface area contributed by atoms with Crippen LogP contribution in [0.4, 0.5) is 5.82 Å².